The SMILES string of the molecule is NC(=O)Nc1[nH]c2cc(O)ccc2c1C(N)=O. The molecule has 2 aromatic rings. The van der Waals surface area contributed by atoms with Gasteiger partial charge >= 0.3 is 6.03 Å². The van der Waals surface area contributed by atoms with Crippen molar-refractivity contribution in [1.82, 2.24) is 4.98 Å². The number of anilines is 1. The van der Waals surface area contributed by atoms with Gasteiger partial charge in [0.15, 0.2) is 0 Å². The Morgan fingerprint density at radius 2 is 2.00 bits per heavy atom. The van der Waals surface area contributed by atoms with Crippen LogP contribution in [-0.4, -0.2) is 22.0 Å². The highest BCUT2D eigenvalue weighted by Gasteiger charge is 2.17. The van der Waals surface area contributed by atoms with Gasteiger partial charge in [-0.05, 0) is 12.1 Å². The summed E-state index contributed by atoms with van der Waals surface area (Å²) in [4.78, 5) is 24.8. The van der Waals surface area contributed by atoms with Gasteiger partial charge in [0.1, 0.15) is 11.6 Å². The van der Waals surface area contributed by atoms with Crippen LogP contribution in [0.25, 0.3) is 10.9 Å². The van der Waals surface area contributed by atoms with E-state index in [1.54, 1.807) is 0 Å². The van der Waals surface area contributed by atoms with Gasteiger partial charge < -0.3 is 21.6 Å². The minimum atomic E-state index is -0.816. The Kier molecular flexibility index (Phi) is 2.36. The number of carbonyl (C=O) groups excluding carboxylic acids is 2. The normalized spacial score (nSPS) is 10.4. The third kappa shape index (κ3) is 1.85. The van der Waals surface area contributed by atoms with Gasteiger partial charge in [-0.15, -0.1) is 0 Å². The number of benzene rings is 1. The largest absolute Gasteiger partial charge is 0.508 e. The first kappa shape index (κ1) is 10.8. The second kappa shape index (κ2) is 3.71. The monoisotopic (exact) mass is 234 g/mol. The number of urea groups is 1. The maximum Gasteiger partial charge on any atom is 0.317 e. The van der Waals surface area contributed by atoms with Crippen molar-refractivity contribution < 1.29 is 14.7 Å². The van der Waals surface area contributed by atoms with Gasteiger partial charge in [0.05, 0.1) is 11.1 Å². The van der Waals surface area contributed by atoms with E-state index in [1.807, 2.05) is 0 Å². The molecule has 0 spiro atoms. The van der Waals surface area contributed by atoms with Crippen molar-refractivity contribution in [2.45, 2.75) is 0 Å². The smallest absolute Gasteiger partial charge is 0.317 e. The fraction of sp³-hybridized carbons (Fsp3) is 0. The summed E-state index contributed by atoms with van der Waals surface area (Å²) >= 11 is 0. The molecule has 88 valence electrons. The number of carbonyl (C=O) groups is 2. The lowest BCUT2D eigenvalue weighted by molar-refractivity contribution is 0.100. The number of rotatable bonds is 2. The number of amides is 3. The van der Waals surface area contributed by atoms with Crippen LogP contribution in [0.2, 0.25) is 0 Å². The molecule has 3 amide bonds. The predicted octanol–water partition coefficient (Wildman–Crippen LogP) is 0.463. The molecule has 2 rings (SSSR count). The molecule has 7 N–H and O–H groups in total. The number of H-pyrrole nitrogens is 1. The number of phenolic OH excluding ortho intramolecular Hbond substituents is 1. The summed E-state index contributed by atoms with van der Waals surface area (Å²) in [6.45, 7) is 0. The molecule has 17 heavy (non-hydrogen) atoms. The van der Waals surface area contributed by atoms with Crippen LogP contribution in [0.3, 0.4) is 0 Å². The number of primary amides is 2. The third-order valence-electron chi connectivity index (χ3n) is 2.28. The van der Waals surface area contributed by atoms with Crippen LogP contribution in [-0.2, 0) is 0 Å². The fourth-order valence-corrected chi connectivity index (χ4v) is 1.66. The Morgan fingerprint density at radius 1 is 1.29 bits per heavy atom. The summed E-state index contributed by atoms with van der Waals surface area (Å²) in [5, 5.41) is 12.1. The van der Waals surface area contributed by atoms with Gasteiger partial charge in [0.2, 0.25) is 0 Å². The summed E-state index contributed by atoms with van der Waals surface area (Å²) < 4.78 is 0. The minimum Gasteiger partial charge on any atom is -0.508 e. The molecule has 1 aromatic carbocycles. The van der Waals surface area contributed by atoms with E-state index < -0.39 is 11.9 Å². The number of phenols is 1. The maximum absolute atomic E-state index is 11.3. The highest BCUT2D eigenvalue weighted by Crippen LogP contribution is 2.28. The zero-order chi connectivity index (χ0) is 12.6. The fourth-order valence-electron chi connectivity index (χ4n) is 1.66. The van der Waals surface area contributed by atoms with Crippen molar-refractivity contribution in [3.8, 4) is 5.75 Å². The van der Waals surface area contributed by atoms with Gasteiger partial charge in [-0.2, -0.15) is 0 Å². The molecule has 0 atom stereocenters. The van der Waals surface area contributed by atoms with Crippen LogP contribution in [0, 0.1) is 0 Å². The van der Waals surface area contributed by atoms with E-state index in [-0.39, 0.29) is 17.1 Å². The summed E-state index contributed by atoms with van der Waals surface area (Å²) in [5.74, 6) is -0.559. The number of fused-ring (bicyclic) bond motifs is 1. The molecule has 7 heteroatoms. The molecule has 0 unspecified atom stereocenters. The van der Waals surface area contributed by atoms with Crippen molar-refractivity contribution in [2.75, 3.05) is 5.32 Å². The van der Waals surface area contributed by atoms with E-state index in [9.17, 15) is 14.7 Å². The van der Waals surface area contributed by atoms with Gasteiger partial charge in [-0.3, -0.25) is 10.1 Å². The van der Waals surface area contributed by atoms with Gasteiger partial charge in [-0.25, -0.2) is 4.79 Å². The summed E-state index contributed by atoms with van der Waals surface area (Å²) in [7, 11) is 0. The third-order valence-corrected chi connectivity index (χ3v) is 2.28. The van der Waals surface area contributed by atoms with E-state index in [2.05, 4.69) is 10.3 Å². The predicted molar refractivity (Wildman–Crippen MR) is 61.7 cm³/mol. The van der Waals surface area contributed by atoms with Crippen molar-refractivity contribution in [2.24, 2.45) is 11.5 Å². The number of aromatic amines is 1. The average molecular weight is 234 g/mol. The van der Waals surface area contributed by atoms with Crippen LogP contribution in [0.1, 0.15) is 10.4 Å². The molecule has 1 heterocycles. The molecule has 0 fully saturated rings. The minimum absolute atomic E-state index is 0.0281. The Morgan fingerprint density at radius 3 is 2.59 bits per heavy atom. The summed E-state index contributed by atoms with van der Waals surface area (Å²) in [6.07, 6.45) is 0. The molecule has 0 aliphatic rings. The summed E-state index contributed by atoms with van der Waals surface area (Å²) in [6, 6.07) is 3.53. The Balaban J connectivity index is 2.70. The lowest BCUT2D eigenvalue weighted by Crippen LogP contribution is -2.22. The molecule has 0 saturated carbocycles. The van der Waals surface area contributed by atoms with E-state index in [4.69, 9.17) is 11.5 Å². The molecular formula is C10H10N4O3. The second-order valence-electron chi connectivity index (χ2n) is 3.46. The van der Waals surface area contributed by atoms with E-state index in [0.717, 1.165) is 0 Å². The van der Waals surface area contributed by atoms with Crippen LogP contribution >= 0.6 is 0 Å². The van der Waals surface area contributed by atoms with Gasteiger partial charge in [0.25, 0.3) is 5.91 Å². The first-order valence-corrected chi connectivity index (χ1v) is 4.70. The zero-order valence-corrected chi connectivity index (χ0v) is 8.65. The number of nitrogens with two attached hydrogens (primary N) is 2. The average Bonchev–Trinajstić information content (AvgIpc) is 2.53. The lowest BCUT2D eigenvalue weighted by atomic mass is 10.1. The number of hydrogen-bond donors (Lipinski definition) is 5. The maximum atomic E-state index is 11.3. The molecule has 0 aliphatic heterocycles. The number of aromatic nitrogens is 1. The molecular weight excluding hydrogens is 224 g/mol. The summed E-state index contributed by atoms with van der Waals surface area (Å²) in [5.41, 5.74) is 10.8. The molecule has 0 bridgehead atoms. The lowest BCUT2D eigenvalue weighted by Gasteiger charge is -2.00. The number of nitrogens with one attached hydrogen (secondary N) is 2. The van der Waals surface area contributed by atoms with Crippen molar-refractivity contribution >= 4 is 28.7 Å². The van der Waals surface area contributed by atoms with Crippen LogP contribution in [0.5, 0.6) is 5.75 Å². The van der Waals surface area contributed by atoms with Crippen molar-refractivity contribution in [3.63, 3.8) is 0 Å². The first-order valence-electron chi connectivity index (χ1n) is 4.70. The van der Waals surface area contributed by atoms with E-state index in [0.29, 0.717) is 10.9 Å². The topological polar surface area (TPSA) is 134 Å². The van der Waals surface area contributed by atoms with E-state index in [1.165, 1.54) is 18.2 Å². The second-order valence-corrected chi connectivity index (χ2v) is 3.46. The molecule has 7 nitrogen and oxygen atoms in total. The highest BCUT2D eigenvalue weighted by molar-refractivity contribution is 6.13. The molecule has 0 saturated heterocycles. The van der Waals surface area contributed by atoms with Gasteiger partial charge in [0, 0.05) is 11.5 Å². The van der Waals surface area contributed by atoms with Crippen molar-refractivity contribution in [1.29, 1.82) is 0 Å². The van der Waals surface area contributed by atoms with Crippen LogP contribution < -0.4 is 16.8 Å². The Hall–Kier alpha value is -2.70. The van der Waals surface area contributed by atoms with Gasteiger partial charge in [-0.1, -0.05) is 0 Å². The Labute approximate surface area is 95.4 Å². The quantitative estimate of drug-likeness (QED) is 0.516. The zero-order valence-electron chi connectivity index (χ0n) is 8.65. The first-order chi connectivity index (χ1) is 7.99. The van der Waals surface area contributed by atoms with Crippen LogP contribution in [0.15, 0.2) is 18.2 Å². The van der Waals surface area contributed by atoms with E-state index >= 15 is 0 Å². The number of aromatic hydroxyl groups is 1. The molecule has 0 aliphatic carbocycles. The number of hydrogen-bond acceptors (Lipinski definition) is 3. The van der Waals surface area contributed by atoms with Crippen LogP contribution in [0.4, 0.5) is 10.6 Å². The molecule has 1 aromatic heterocycles. The highest BCUT2D eigenvalue weighted by atomic mass is 16.3. The standard InChI is InChI=1S/C10H10N4O3/c11-8(16)7-5-2-1-4(15)3-6(5)13-9(7)14-10(12)17/h1-3,13,15H,(H2,11,16)(H3,12,14,17). The Bertz CT molecular complexity index is 617. The van der Waals surface area contributed by atoms with Crippen molar-refractivity contribution in [3.05, 3.63) is 23.8 Å². The molecule has 0 radical (unpaired) electrons.